The summed E-state index contributed by atoms with van der Waals surface area (Å²) < 4.78 is 0. The number of rotatable bonds is 3. The molecule has 2 aromatic rings. The highest BCUT2D eigenvalue weighted by Crippen LogP contribution is 2.35. The van der Waals surface area contributed by atoms with Gasteiger partial charge in [-0.05, 0) is 12.1 Å². The van der Waals surface area contributed by atoms with Gasteiger partial charge in [-0.2, -0.15) is 0 Å². The van der Waals surface area contributed by atoms with Crippen LogP contribution in [0, 0.1) is 0 Å². The van der Waals surface area contributed by atoms with E-state index >= 15 is 0 Å². The minimum Gasteiger partial charge on any atom is -0.391 e. The lowest BCUT2D eigenvalue weighted by molar-refractivity contribution is 0.282. The van der Waals surface area contributed by atoms with E-state index in [0.717, 1.165) is 21.4 Å². The highest BCUT2D eigenvalue weighted by Gasteiger charge is 2.24. The lowest BCUT2D eigenvalue weighted by atomic mass is 9.91. The third-order valence-electron chi connectivity index (χ3n) is 2.97. The molecule has 4 heteroatoms. The Morgan fingerprint density at radius 3 is 2.32 bits per heavy atom. The van der Waals surface area contributed by atoms with Crippen molar-refractivity contribution < 1.29 is 5.11 Å². The Morgan fingerprint density at radius 1 is 1.21 bits per heavy atom. The molecule has 0 saturated heterocycles. The van der Waals surface area contributed by atoms with Gasteiger partial charge in [-0.25, -0.2) is 4.98 Å². The molecule has 102 valence electrons. The molecule has 0 unspecified atom stereocenters. The number of thiazole rings is 1. The normalized spacial score (nSPS) is 11.6. The monoisotopic (exact) mass is 276 g/mol. The van der Waals surface area contributed by atoms with E-state index in [1.807, 2.05) is 25.2 Å². The molecule has 0 amide bonds. The maximum Gasteiger partial charge on any atom is 0.190 e. The molecule has 1 N–H and O–H groups in total. The number of benzene rings is 1. The molecule has 1 aromatic carbocycles. The first kappa shape index (κ1) is 14.0. The van der Waals surface area contributed by atoms with Crippen LogP contribution in [0.2, 0.25) is 0 Å². The van der Waals surface area contributed by atoms with Crippen LogP contribution < -0.4 is 4.90 Å². The molecule has 0 aliphatic rings. The predicted octanol–water partition coefficient (Wildman–Crippen LogP) is 3.70. The summed E-state index contributed by atoms with van der Waals surface area (Å²) in [7, 11) is 2.00. The lowest BCUT2D eigenvalue weighted by Gasteiger charge is -2.18. The Morgan fingerprint density at radius 2 is 1.84 bits per heavy atom. The van der Waals surface area contributed by atoms with Crippen molar-refractivity contribution in [2.24, 2.45) is 0 Å². The van der Waals surface area contributed by atoms with E-state index in [0.29, 0.717) is 0 Å². The second-order valence-electron chi connectivity index (χ2n) is 5.57. The fraction of sp³-hybridized carbons (Fsp3) is 0.400. The van der Waals surface area contributed by atoms with Gasteiger partial charge >= 0.3 is 0 Å². The Bertz CT molecular complexity index is 543. The van der Waals surface area contributed by atoms with Gasteiger partial charge in [0.15, 0.2) is 5.13 Å². The van der Waals surface area contributed by atoms with Crippen LogP contribution in [0.15, 0.2) is 30.3 Å². The summed E-state index contributed by atoms with van der Waals surface area (Å²) in [6, 6.07) is 10.1. The minimum atomic E-state index is -0.0512. The SMILES string of the molecule is CN(c1ccccc1)c1nc(C(C)(C)C)c(CO)s1. The molecule has 19 heavy (non-hydrogen) atoms. The van der Waals surface area contributed by atoms with Crippen molar-refractivity contribution in [3.8, 4) is 0 Å². The van der Waals surface area contributed by atoms with Gasteiger partial charge in [0.2, 0.25) is 0 Å². The molecule has 0 aliphatic heterocycles. The van der Waals surface area contributed by atoms with Crippen LogP contribution in [0.5, 0.6) is 0 Å². The van der Waals surface area contributed by atoms with Crippen LogP contribution in [-0.2, 0) is 12.0 Å². The van der Waals surface area contributed by atoms with E-state index < -0.39 is 0 Å². The van der Waals surface area contributed by atoms with Crippen molar-refractivity contribution in [2.45, 2.75) is 32.8 Å². The van der Waals surface area contributed by atoms with Crippen molar-refractivity contribution in [2.75, 3.05) is 11.9 Å². The average molecular weight is 276 g/mol. The number of hydrogen-bond acceptors (Lipinski definition) is 4. The molecule has 0 saturated carbocycles. The first-order valence-corrected chi connectivity index (χ1v) is 7.15. The number of aromatic nitrogens is 1. The van der Waals surface area contributed by atoms with E-state index in [1.165, 1.54) is 0 Å². The van der Waals surface area contributed by atoms with Crippen LogP contribution in [0.3, 0.4) is 0 Å². The molecule has 1 heterocycles. The summed E-state index contributed by atoms with van der Waals surface area (Å²) in [4.78, 5) is 7.72. The molecule has 3 nitrogen and oxygen atoms in total. The molecular weight excluding hydrogens is 256 g/mol. The quantitative estimate of drug-likeness (QED) is 0.928. The zero-order chi connectivity index (χ0) is 14.0. The first-order valence-electron chi connectivity index (χ1n) is 6.33. The second-order valence-corrected chi connectivity index (χ2v) is 6.63. The van der Waals surface area contributed by atoms with Gasteiger partial charge in [0, 0.05) is 18.2 Å². The van der Waals surface area contributed by atoms with Crippen molar-refractivity contribution in [1.29, 1.82) is 0 Å². The van der Waals surface area contributed by atoms with Crippen LogP contribution in [0.4, 0.5) is 10.8 Å². The van der Waals surface area contributed by atoms with E-state index in [-0.39, 0.29) is 12.0 Å². The highest BCUT2D eigenvalue weighted by atomic mass is 32.1. The van der Waals surface area contributed by atoms with E-state index in [1.54, 1.807) is 11.3 Å². The fourth-order valence-electron chi connectivity index (χ4n) is 1.94. The lowest BCUT2D eigenvalue weighted by Crippen LogP contribution is -2.15. The van der Waals surface area contributed by atoms with E-state index in [9.17, 15) is 5.11 Å². The summed E-state index contributed by atoms with van der Waals surface area (Å²) in [5.74, 6) is 0. The zero-order valence-electron chi connectivity index (χ0n) is 11.8. The van der Waals surface area contributed by atoms with Gasteiger partial charge in [-0.15, -0.1) is 0 Å². The molecule has 0 spiro atoms. The third kappa shape index (κ3) is 2.96. The van der Waals surface area contributed by atoms with E-state index in [4.69, 9.17) is 4.98 Å². The molecule has 0 bridgehead atoms. The van der Waals surface area contributed by atoms with Gasteiger partial charge in [0.25, 0.3) is 0 Å². The molecule has 2 rings (SSSR count). The van der Waals surface area contributed by atoms with Crippen molar-refractivity contribution in [3.63, 3.8) is 0 Å². The predicted molar refractivity (Wildman–Crippen MR) is 81.2 cm³/mol. The molecule has 0 radical (unpaired) electrons. The maximum absolute atomic E-state index is 9.50. The van der Waals surface area contributed by atoms with Crippen molar-refractivity contribution >= 4 is 22.2 Å². The van der Waals surface area contributed by atoms with Gasteiger partial charge in [0.1, 0.15) is 0 Å². The third-order valence-corrected chi connectivity index (χ3v) is 4.09. The van der Waals surface area contributed by atoms with Crippen LogP contribution >= 0.6 is 11.3 Å². The number of anilines is 2. The van der Waals surface area contributed by atoms with Crippen LogP contribution in [-0.4, -0.2) is 17.1 Å². The second kappa shape index (κ2) is 5.31. The Kier molecular flexibility index (Phi) is 3.92. The highest BCUT2D eigenvalue weighted by molar-refractivity contribution is 7.15. The summed E-state index contributed by atoms with van der Waals surface area (Å²) in [5, 5.41) is 10.4. The largest absolute Gasteiger partial charge is 0.391 e. The average Bonchev–Trinajstić information content (AvgIpc) is 2.83. The number of nitrogens with zero attached hydrogens (tertiary/aromatic N) is 2. The van der Waals surface area contributed by atoms with E-state index in [2.05, 4.69) is 37.8 Å². The number of para-hydroxylation sites is 1. The standard InChI is InChI=1S/C15H20N2OS/c1-15(2,3)13-12(10-18)19-14(16-13)17(4)11-8-6-5-7-9-11/h5-9,18H,10H2,1-4H3. The molecule has 1 aromatic heterocycles. The minimum absolute atomic E-state index is 0.0485. The number of aliphatic hydroxyl groups is 1. The molecule has 0 fully saturated rings. The van der Waals surface area contributed by atoms with Crippen molar-refractivity contribution in [1.82, 2.24) is 4.98 Å². The Hall–Kier alpha value is -1.39. The smallest absolute Gasteiger partial charge is 0.190 e. The number of hydrogen-bond donors (Lipinski definition) is 1. The van der Waals surface area contributed by atoms with Crippen molar-refractivity contribution in [3.05, 3.63) is 40.9 Å². The van der Waals surface area contributed by atoms with Crippen LogP contribution in [0.25, 0.3) is 0 Å². The van der Waals surface area contributed by atoms with Gasteiger partial charge < -0.3 is 10.0 Å². The first-order chi connectivity index (χ1) is 8.93. The van der Waals surface area contributed by atoms with Gasteiger partial charge in [-0.3, -0.25) is 0 Å². The topological polar surface area (TPSA) is 36.4 Å². The summed E-state index contributed by atoms with van der Waals surface area (Å²) in [5.41, 5.74) is 2.03. The summed E-state index contributed by atoms with van der Waals surface area (Å²) in [6.45, 7) is 6.40. The molecular formula is C15H20N2OS. The fourth-order valence-corrected chi connectivity index (χ4v) is 3.05. The van der Waals surface area contributed by atoms with Gasteiger partial charge in [0.05, 0.1) is 17.2 Å². The number of aliphatic hydroxyl groups excluding tert-OH is 1. The molecule has 0 aliphatic carbocycles. The Labute approximate surface area is 118 Å². The summed E-state index contributed by atoms with van der Waals surface area (Å²) >= 11 is 1.55. The Balaban J connectivity index is 2.39. The maximum atomic E-state index is 9.50. The van der Waals surface area contributed by atoms with Crippen LogP contribution in [0.1, 0.15) is 31.3 Å². The molecule has 0 atom stereocenters. The summed E-state index contributed by atoms with van der Waals surface area (Å²) in [6.07, 6.45) is 0. The zero-order valence-corrected chi connectivity index (χ0v) is 12.7. The van der Waals surface area contributed by atoms with Gasteiger partial charge in [-0.1, -0.05) is 50.3 Å².